The number of nitrogens with zero attached hydrogens (tertiary/aromatic N) is 1. The van der Waals surface area contributed by atoms with Gasteiger partial charge in [0.1, 0.15) is 10.7 Å². The Labute approximate surface area is 131 Å². The molecule has 1 aliphatic carbocycles. The molecule has 0 spiro atoms. The fraction of sp³-hybridized carbons (Fsp3) is 0.412. The van der Waals surface area contributed by atoms with Gasteiger partial charge in [-0.2, -0.15) is 0 Å². The molecule has 1 aromatic heterocycles. The van der Waals surface area contributed by atoms with E-state index in [2.05, 4.69) is 0 Å². The summed E-state index contributed by atoms with van der Waals surface area (Å²) in [5.41, 5.74) is 8.03. The van der Waals surface area contributed by atoms with E-state index in [1.807, 2.05) is 24.5 Å². The van der Waals surface area contributed by atoms with Crippen LogP contribution in [0.15, 0.2) is 40.1 Å². The summed E-state index contributed by atoms with van der Waals surface area (Å²) in [6, 6.07) is 8.86. The number of hydrogen-bond donors (Lipinski definition) is 1. The van der Waals surface area contributed by atoms with Crippen LogP contribution in [0.3, 0.4) is 0 Å². The predicted molar refractivity (Wildman–Crippen MR) is 87.7 cm³/mol. The van der Waals surface area contributed by atoms with Crippen LogP contribution < -0.4 is 5.73 Å². The molecule has 0 aliphatic heterocycles. The highest BCUT2D eigenvalue weighted by Crippen LogP contribution is 2.39. The van der Waals surface area contributed by atoms with Crippen LogP contribution in [0.1, 0.15) is 43.0 Å². The van der Waals surface area contributed by atoms with Crippen molar-refractivity contribution in [2.45, 2.75) is 55.4 Å². The molecule has 0 amide bonds. The van der Waals surface area contributed by atoms with Crippen molar-refractivity contribution in [3.05, 3.63) is 41.6 Å². The maximum Gasteiger partial charge on any atom is 0.210 e. The molecule has 2 N–H and O–H groups in total. The van der Waals surface area contributed by atoms with Crippen molar-refractivity contribution in [1.82, 2.24) is 4.57 Å². The monoisotopic (exact) mass is 318 g/mol. The molecular formula is C17H22N2O2S. The van der Waals surface area contributed by atoms with Gasteiger partial charge < -0.3 is 10.3 Å². The molecule has 118 valence electrons. The van der Waals surface area contributed by atoms with Crippen LogP contribution in [0.25, 0.3) is 0 Å². The highest BCUT2D eigenvalue weighted by Gasteiger charge is 2.31. The van der Waals surface area contributed by atoms with E-state index < -0.39 is 9.84 Å². The van der Waals surface area contributed by atoms with E-state index in [1.54, 1.807) is 24.3 Å². The average Bonchev–Trinajstić information content (AvgIpc) is 3.08. The van der Waals surface area contributed by atoms with Crippen LogP contribution in [0.4, 0.5) is 5.82 Å². The molecule has 0 atom stereocenters. The molecule has 1 aromatic carbocycles. The Balaban J connectivity index is 2.18. The summed E-state index contributed by atoms with van der Waals surface area (Å²) in [5, 5.41) is 0. The Kier molecular flexibility index (Phi) is 3.77. The van der Waals surface area contributed by atoms with E-state index in [1.165, 1.54) is 12.8 Å². The maximum absolute atomic E-state index is 13.0. The van der Waals surface area contributed by atoms with Gasteiger partial charge in [-0.3, -0.25) is 0 Å². The summed E-state index contributed by atoms with van der Waals surface area (Å²) in [6.45, 7) is 3.82. The number of rotatable bonds is 3. The molecule has 0 saturated heterocycles. The van der Waals surface area contributed by atoms with Crippen molar-refractivity contribution in [2.24, 2.45) is 0 Å². The molecule has 0 bridgehead atoms. The summed E-state index contributed by atoms with van der Waals surface area (Å²) >= 11 is 0. The number of nitrogen functional groups attached to an aromatic ring is 1. The normalized spacial score (nSPS) is 16.3. The minimum absolute atomic E-state index is 0.281. The minimum Gasteiger partial charge on any atom is -0.384 e. The van der Waals surface area contributed by atoms with Crippen LogP contribution in [-0.2, 0) is 9.84 Å². The van der Waals surface area contributed by atoms with Crippen LogP contribution in [-0.4, -0.2) is 13.0 Å². The summed E-state index contributed by atoms with van der Waals surface area (Å²) < 4.78 is 28.0. The van der Waals surface area contributed by atoms with Gasteiger partial charge >= 0.3 is 0 Å². The number of hydrogen-bond acceptors (Lipinski definition) is 3. The Bertz CT molecular complexity index is 786. The first-order chi connectivity index (χ1) is 10.4. The first-order valence-corrected chi connectivity index (χ1v) is 9.20. The van der Waals surface area contributed by atoms with Crippen molar-refractivity contribution >= 4 is 15.7 Å². The van der Waals surface area contributed by atoms with Gasteiger partial charge in [-0.1, -0.05) is 31.0 Å². The molecule has 1 aliphatic rings. The second-order valence-corrected chi connectivity index (χ2v) is 7.94. The highest BCUT2D eigenvalue weighted by molar-refractivity contribution is 7.91. The van der Waals surface area contributed by atoms with Gasteiger partial charge in [-0.15, -0.1) is 0 Å². The molecule has 0 unspecified atom stereocenters. The van der Waals surface area contributed by atoms with Gasteiger partial charge in [-0.25, -0.2) is 8.42 Å². The van der Waals surface area contributed by atoms with Crippen molar-refractivity contribution in [3.63, 3.8) is 0 Å². The molecule has 5 heteroatoms. The van der Waals surface area contributed by atoms with Crippen molar-refractivity contribution < 1.29 is 8.42 Å². The second-order valence-electron chi connectivity index (χ2n) is 6.05. The summed E-state index contributed by atoms with van der Waals surface area (Å²) in [5.74, 6) is 0.394. The van der Waals surface area contributed by atoms with Crippen LogP contribution in [0.2, 0.25) is 0 Å². The van der Waals surface area contributed by atoms with Gasteiger partial charge in [0.15, 0.2) is 0 Å². The van der Waals surface area contributed by atoms with E-state index in [4.69, 9.17) is 5.73 Å². The molecule has 1 heterocycles. The summed E-state index contributed by atoms with van der Waals surface area (Å²) in [7, 11) is -3.58. The number of sulfone groups is 1. The second kappa shape index (κ2) is 5.47. The molecule has 1 saturated carbocycles. The van der Waals surface area contributed by atoms with Crippen molar-refractivity contribution in [2.75, 3.05) is 5.73 Å². The highest BCUT2D eigenvalue weighted by atomic mass is 32.2. The van der Waals surface area contributed by atoms with Gasteiger partial charge in [0.2, 0.25) is 9.84 Å². The third kappa shape index (κ3) is 2.24. The van der Waals surface area contributed by atoms with E-state index in [0.29, 0.717) is 16.8 Å². The first-order valence-electron chi connectivity index (χ1n) is 7.71. The lowest BCUT2D eigenvalue weighted by Gasteiger charge is -2.16. The lowest BCUT2D eigenvalue weighted by atomic mass is 10.2. The molecule has 0 radical (unpaired) electrons. The number of nitrogens with two attached hydrogens (primary N) is 1. The topological polar surface area (TPSA) is 65.1 Å². The van der Waals surface area contributed by atoms with E-state index in [0.717, 1.165) is 24.1 Å². The smallest absolute Gasteiger partial charge is 0.210 e. The third-order valence-corrected chi connectivity index (χ3v) is 6.69. The van der Waals surface area contributed by atoms with Crippen molar-refractivity contribution in [1.29, 1.82) is 0 Å². The molecule has 3 rings (SSSR count). The number of benzene rings is 1. The van der Waals surface area contributed by atoms with Crippen LogP contribution >= 0.6 is 0 Å². The Morgan fingerprint density at radius 1 is 1.09 bits per heavy atom. The summed E-state index contributed by atoms with van der Waals surface area (Å²) in [4.78, 5) is 0.580. The SMILES string of the molecule is Cc1c(S(=O)(=O)c2ccccc2)c(N)n(C2CCCC2)c1C. The zero-order chi connectivity index (χ0) is 15.9. The Hall–Kier alpha value is -1.75. The fourth-order valence-electron chi connectivity index (χ4n) is 3.52. The molecule has 4 nitrogen and oxygen atoms in total. The Morgan fingerprint density at radius 3 is 2.27 bits per heavy atom. The van der Waals surface area contributed by atoms with Gasteiger partial charge in [0, 0.05) is 11.7 Å². The largest absolute Gasteiger partial charge is 0.384 e. The fourth-order valence-corrected chi connectivity index (χ4v) is 5.19. The number of anilines is 1. The van der Waals surface area contributed by atoms with Crippen LogP contribution in [0.5, 0.6) is 0 Å². The lowest BCUT2D eigenvalue weighted by molar-refractivity contribution is 0.515. The van der Waals surface area contributed by atoms with Crippen LogP contribution in [0, 0.1) is 13.8 Å². The average molecular weight is 318 g/mol. The van der Waals surface area contributed by atoms with Gasteiger partial charge in [0.25, 0.3) is 0 Å². The molecule has 22 heavy (non-hydrogen) atoms. The van der Waals surface area contributed by atoms with Gasteiger partial charge in [-0.05, 0) is 44.4 Å². The maximum atomic E-state index is 13.0. The van der Waals surface area contributed by atoms with Gasteiger partial charge in [0.05, 0.1) is 4.90 Å². The van der Waals surface area contributed by atoms with E-state index in [9.17, 15) is 8.42 Å². The van der Waals surface area contributed by atoms with E-state index >= 15 is 0 Å². The quantitative estimate of drug-likeness (QED) is 0.939. The molecular weight excluding hydrogens is 296 g/mol. The minimum atomic E-state index is -3.58. The first kappa shape index (κ1) is 15.2. The zero-order valence-electron chi connectivity index (χ0n) is 13.0. The predicted octanol–water partition coefficient (Wildman–Crippen LogP) is 3.64. The lowest BCUT2D eigenvalue weighted by Crippen LogP contribution is -2.12. The molecule has 1 fully saturated rings. The van der Waals surface area contributed by atoms with E-state index in [-0.39, 0.29) is 4.90 Å². The number of aromatic nitrogens is 1. The Morgan fingerprint density at radius 2 is 1.68 bits per heavy atom. The molecule has 2 aromatic rings. The zero-order valence-corrected chi connectivity index (χ0v) is 13.9. The van der Waals surface area contributed by atoms with Crippen molar-refractivity contribution in [3.8, 4) is 0 Å². The summed E-state index contributed by atoms with van der Waals surface area (Å²) in [6.07, 6.45) is 4.51. The standard InChI is InChI=1S/C17H22N2O2S/c1-12-13(2)19(14-8-6-7-9-14)17(18)16(12)22(20,21)15-10-4-3-5-11-15/h3-5,10-11,14H,6-9,18H2,1-2H3. The third-order valence-electron chi connectivity index (χ3n) is 4.75.